The molecule has 0 aromatic heterocycles. The molecule has 7 heteroatoms. The summed E-state index contributed by atoms with van der Waals surface area (Å²) in [5.41, 5.74) is 0. The van der Waals surface area contributed by atoms with Crippen LogP contribution in [0.3, 0.4) is 0 Å². The Kier molecular flexibility index (Phi) is 10.7. The molecule has 0 aliphatic rings. The lowest BCUT2D eigenvalue weighted by Gasteiger charge is -2.35. The Morgan fingerprint density at radius 1 is 1.14 bits per heavy atom. The number of nitrogens with zero attached hydrogens (tertiary/aromatic N) is 2. The van der Waals surface area contributed by atoms with E-state index in [0.717, 1.165) is 6.42 Å². The van der Waals surface area contributed by atoms with Crippen LogP contribution in [0.25, 0.3) is 0 Å². The molecule has 0 aromatic carbocycles. The van der Waals surface area contributed by atoms with Crippen LogP contribution in [-0.4, -0.2) is 49.5 Å². The summed E-state index contributed by atoms with van der Waals surface area (Å²) in [4.78, 5) is 0. The topological polar surface area (TPSA) is 62.6 Å². The van der Waals surface area contributed by atoms with E-state index in [2.05, 4.69) is 38.4 Å². The van der Waals surface area contributed by atoms with Crippen LogP contribution in [0.5, 0.6) is 0 Å². The van der Waals surface area contributed by atoms with Gasteiger partial charge in [0, 0.05) is 18.2 Å². The van der Waals surface area contributed by atoms with Crippen molar-refractivity contribution >= 4 is 15.7 Å². The van der Waals surface area contributed by atoms with Crippen molar-refractivity contribution in [2.75, 3.05) is 32.7 Å². The lowest BCUT2D eigenvalue weighted by Crippen LogP contribution is -2.33. The second-order valence-corrected chi connectivity index (χ2v) is 11.1. The highest BCUT2D eigenvalue weighted by atomic mass is 31.2. The molecule has 0 spiro atoms. The fourth-order valence-corrected chi connectivity index (χ4v) is 4.42. The highest BCUT2D eigenvalue weighted by Crippen LogP contribution is 2.46. The SMILES string of the molecule is CC(C)N(C(C)C)P(OCCC#N)OCCCP(C)(C)=O. The van der Waals surface area contributed by atoms with Crippen LogP contribution in [-0.2, 0) is 13.6 Å². The molecular formula is C14H30N2O3P2. The predicted octanol–water partition coefficient (Wildman–Crippen LogP) is 4.29. The Bertz CT molecular complexity index is 356. The third-order valence-corrected chi connectivity index (χ3v) is 6.21. The summed E-state index contributed by atoms with van der Waals surface area (Å²) in [5, 5.41) is 8.63. The summed E-state index contributed by atoms with van der Waals surface area (Å²) in [6.07, 6.45) is 1.83. The van der Waals surface area contributed by atoms with Crippen LogP contribution in [0, 0.1) is 11.3 Å². The zero-order chi connectivity index (χ0) is 16.5. The van der Waals surface area contributed by atoms with Gasteiger partial charge in [0.15, 0.2) is 0 Å². The molecule has 0 aliphatic carbocycles. The molecule has 1 atom stereocenters. The fourth-order valence-electron chi connectivity index (χ4n) is 1.90. The van der Waals surface area contributed by atoms with Gasteiger partial charge in [0.2, 0.25) is 0 Å². The Morgan fingerprint density at radius 3 is 2.10 bits per heavy atom. The van der Waals surface area contributed by atoms with Crippen molar-refractivity contribution in [3.8, 4) is 6.07 Å². The van der Waals surface area contributed by atoms with Crippen LogP contribution in [0.2, 0.25) is 0 Å². The first-order chi connectivity index (χ1) is 9.69. The first kappa shape index (κ1) is 21.0. The van der Waals surface area contributed by atoms with Gasteiger partial charge in [0.1, 0.15) is 0 Å². The maximum atomic E-state index is 11.7. The minimum atomic E-state index is -1.98. The lowest BCUT2D eigenvalue weighted by molar-refractivity contribution is 0.176. The molecule has 0 saturated heterocycles. The van der Waals surface area contributed by atoms with E-state index in [0.29, 0.717) is 37.9 Å². The van der Waals surface area contributed by atoms with E-state index in [1.165, 1.54) is 0 Å². The van der Waals surface area contributed by atoms with E-state index in [1.54, 1.807) is 13.3 Å². The minimum absolute atomic E-state index is 0.307. The molecule has 21 heavy (non-hydrogen) atoms. The first-order valence-electron chi connectivity index (χ1n) is 7.44. The van der Waals surface area contributed by atoms with Gasteiger partial charge in [-0.2, -0.15) is 5.26 Å². The van der Waals surface area contributed by atoms with Gasteiger partial charge in [-0.3, -0.25) is 0 Å². The van der Waals surface area contributed by atoms with Crippen molar-refractivity contribution in [3.63, 3.8) is 0 Å². The molecule has 0 radical (unpaired) electrons. The summed E-state index contributed by atoms with van der Waals surface area (Å²) < 4.78 is 25.6. The van der Waals surface area contributed by atoms with Crippen LogP contribution in [0.1, 0.15) is 40.5 Å². The molecule has 124 valence electrons. The number of nitriles is 1. The van der Waals surface area contributed by atoms with Crippen molar-refractivity contribution < 1.29 is 13.6 Å². The summed E-state index contributed by atoms with van der Waals surface area (Å²) in [5.74, 6) is 0. The van der Waals surface area contributed by atoms with Crippen LogP contribution >= 0.6 is 15.7 Å². The van der Waals surface area contributed by atoms with E-state index in [4.69, 9.17) is 14.3 Å². The first-order valence-corrected chi connectivity index (χ1v) is 11.4. The molecular weight excluding hydrogens is 306 g/mol. The highest BCUT2D eigenvalue weighted by molar-refractivity contribution is 7.62. The second kappa shape index (κ2) is 10.7. The quantitative estimate of drug-likeness (QED) is 0.416. The summed E-state index contributed by atoms with van der Waals surface area (Å²) >= 11 is 0. The predicted molar refractivity (Wildman–Crippen MR) is 90.1 cm³/mol. The summed E-state index contributed by atoms with van der Waals surface area (Å²) in [7, 11) is -3.15. The van der Waals surface area contributed by atoms with Crippen molar-refractivity contribution in [2.45, 2.75) is 52.6 Å². The molecule has 0 rings (SSSR count). The standard InChI is InChI=1S/C14H30N2O3P2/c1-13(2)16(14(3)4)20(18-10-7-9-15)19-11-8-12-21(5,6)17/h13-14H,7-8,10-12H2,1-6H3. The Hall–Kier alpha value is 0.0300. The summed E-state index contributed by atoms with van der Waals surface area (Å²) in [6, 6.07) is 2.70. The van der Waals surface area contributed by atoms with Crippen LogP contribution < -0.4 is 0 Å². The average molecular weight is 336 g/mol. The third kappa shape index (κ3) is 10.4. The zero-order valence-electron chi connectivity index (χ0n) is 14.2. The zero-order valence-corrected chi connectivity index (χ0v) is 16.0. The van der Waals surface area contributed by atoms with Gasteiger partial charge in [-0.1, -0.05) is 0 Å². The van der Waals surface area contributed by atoms with Crippen molar-refractivity contribution in [2.24, 2.45) is 0 Å². The van der Waals surface area contributed by atoms with Crippen molar-refractivity contribution in [1.82, 2.24) is 4.67 Å². The molecule has 1 unspecified atom stereocenters. The Morgan fingerprint density at radius 2 is 1.67 bits per heavy atom. The third-order valence-electron chi connectivity index (χ3n) is 2.70. The molecule has 0 aromatic rings. The lowest BCUT2D eigenvalue weighted by atomic mass is 10.3. The monoisotopic (exact) mass is 336 g/mol. The molecule has 0 bridgehead atoms. The fraction of sp³-hybridized carbons (Fsp3) is 0.929. The van der Waals surface area contributed by atoms with E-state index in [-0.39, 0.29) is 0 Å². The van der Waals surface area contributed by atoms with Gasteiger partial charge in [-0.15, -0.1) is 0 Å². The van der Waals surface area contributed by atoms with E-state index in [1.807, 2.05) is 0 Å². The Labute approximate surface area is 131 Å². The van der Waals surface area contributed by atoms with E-state index >= 15 is 0 Å². The molecule has 5 nitrogen and oxygen atoms in total. The molecule has 0 N–H and O–H groups in total. The second-order valence-electron chi connectivity index (χ2n) is 6.03. The summed E-state index contributed by atoms with van der Waals surface area (Å²) in [6.45, 7) is 13.0. The molecule has 0 aliphatic heterocycles. The van der Waals surface area contributed by atoms with Crippen LogP contribution in [0.15, 0.2) is 0 Å². The molecule has 0 saturated carbocycles. The van der Waals surface area contributed by atoms with Gasteiger partial charge >= 0.3 is 0 Å². The largest absolute Gasteiger partial charge is 0.324 e. The maximum Gasteiger partial charge on any atom is 0.259 e. The van der Waals surface area contributed by atoms with Gasteiger partial charge in [0.05, 0.1) is 32.8 Å². The molecule has 0 amide bonds. The number of rotatable bonds is 11. The minimum Gasteiger partial charge on any atom is -0.324 e. The maximum absolute atomic E-state index is 11.7. The van der Waals surface area contributed by atoms with E-state index < -0.39 is 15.7 Å². The average Bonchev–Trinajstić information content (AvgIpc) is 2.32. The smallest absolute Gasteiger partial charge is 0.259 e. The highest BCUT2D eigenvalue weighted by Gasteiger charge is 2.27. The number of hydrogen-bond acceptors (Lipinski definition) is 5. The van der Waals surface area contributed by atoms with E-state index in [9.17, 15) is 4.57 Å². The number of hydrogen-bond donors (Lipinski definition) is 0. The van der Waals surface area contributed by atoms with Gasteiger partial charge < -0.3 is 13.6 Å². The Balaban J connectivity index is 4.50. The molecule has 0 heterocycles. The van der Waals surface area contributed by atoms with Crippen molar-refractivity contribution in [3.05, 3.63) is 0 Å². The normalized spacial score (nSPS) is 13.9. The molecule has 0 fully saturated rings. The van der Waals surface area contributed by atoms with Crippen LogP contribution in [0.4, 0.5) is 0 Å². The van der Waals surface area contributed by atoms with Crippen molar-refractivity contribution in [1.29, 1.82) is 5.26 Å². The van der Waals surface area contributed by atoms with Gasteiger partial charge in [0.25, 0.3) is 8.53 Å². The van der Waals surface area contributed by atoms with Gasteiger partial charge in [-0.25, -0.2) is 4.67 Å². The van der Waals surface area contributed by atoms with Gasteiger partial charge in [-0.05, 0) is 47.4 Å².